The molecule has 0 fully saturated rings. The molecule has 2 aromatic heterocycles. The van der Waals surface area contributed by atoms with Crippen molar-refractivity contribution in [2.75, 3.05) is 20.6 Å². The molecule has 0 spiro atoms. The fourth-order valence-electron chi connectivity index (χ4n) is 3.14. The molecule has 2 heterocycles. The maximum absolute atomic E-state index is 11.9. The lowest BCUT2D eigenvalue weighted by molar-refractivity contribution is 0.506. The van der Waals surface area contributed by atoms with Gasteiger partial charge in [-0.15, -0.1) is 0 Å². The molecule has 0 saturated carbocycles. The van der Waals surface area contributed by atoms with E-state index in [1.165, 1.54) is 18.4 Å². The third-order valence-electron chi connectivity index (χ3n) is 4.51. The highest BCUT2D eigenvalue weighted by molar-refractivity contribution is 7.87. The summed E-state index contributed by atoms with van der Waals surface area (Å²) in [4.78, 5) is 8.69. The van der Waals surface area contributed by atoms with E-state index < -0.39 is 10.2 Å². The smallest absolute Gasteiger partial charge is 0.278 e. The Hall–Kier alpha value is -2.29. The van der Waals surface area contributed by atoms with Gasteiger partial charge in [0.2, 0.25) is 0 Å². The molecule has 0 unspecified atom stereocenters. The van der Waals surface area contributed by atoms with Gasteiger partial charge in [-0.1, -0.05) is 26.0 Å². The van der Waals surface area contributed by atoms with Crippen LogP contribution < -0.4 is 4.72 Å². The minimum Gasteiger partial charge on any atom is -0.347 e. The van der Waals surface area contributed by atoms with Crippen LogP contribution in [0.1, 0.15) is 19.4 Å². The number of nitrogens with one attached hydrogen (secondary N) is 1. The molecule has 3 aromatic rings. The van der Waals surface area contributed by atoms with Crippen LogP contribution >= 0.6 is 0 Å². The molecule has 150 valence electrons. The van der Waals surface area contributed by atoms with Crippen molar-refractivity contribution in [3.63, 3.8) is 0 Å². The molecular weight excluding hydrogens is 374 g/mol. The lowest BCUT2D eigenvalue weighted by atomic mass is 10.1. The lowest BCUT2D eigenvalue weighted by Crippen LogP contribution is -2.36. The Morgan fingerprint density at radius 2 is 1.89 bits per heavy atom. The maximum atomic E-state index is 11.9. The van der Waals surface area contributed by atoms with E-state index in [1.807, 2.05) is 6.07 Å². The molecule has 3 rings (SSSR count). The van der Waals surface area contributed by atoms with Gasteiger partial charge in [0.1, 0.15) is 0 Å². The van der Waals surface area contributed by atoms with E-state index in [-0.39, 0.29) is 0 Å². The minimum atomic E-state index is -3.42. The normalized spacial score (nSPS) is 12.4. The predicted octanol–water partition coefficient (Wildman–Crippen LogP) is 2.69. The van der Waals surface area contributed by atoms with E-state index >= 15 is 0 Å². The van der Waals surface area contributed by atoms with E-state index in [1.54, 1.807) is 18.5 Å². The third-order valence-corrected chi connectivity index (χ3v) is 6.04. The van der Waals surface area contributed by atoms with Gasteiger partial charge in [-0.3, -0.25) is 0 Å². The summed E-state index contributed by atoms with van der Waals surface area (Å²) >= 11 is 0. The molecule has 0 radical (unpaired) electrons. The Kier molecular flexibility index (Phi) is 6.12. The summed E-state index contributed by atoms with van der Waals surface area (Å²) in [5.74, 6) is 1.19. The predicted molar refractivity (Wildman–Crippen MR) is 112 cm³/mol. The number of aromatic nitrogens is 3. The average Bonchev–Trinajstić information content (AvgIpc) is 2.98. The molecule has 0 saturated heterocycles. The topological polar surface area (TPSA) is 80.1 Å². The quantitative estimate of drug-likeness (QED) is 0.629. The van der Waals surface area contributed by atoms with Crippen molar-refractivity contribution in [2.24, 2.45) is 5.92 Å². The number of fused-ring (bicyclic) bond motifs is 1. The SMILES string of the molecule is CC(C)Cn1cc(CCNS(=O)(=O)N(C)C)c2ccc(-c3ncccn3)cc21. The van der Waals surface area contributed by atoms with Crippen LogP contribution in [-0.4, -0.2) is 47.9 Å². The number of nitrogens with zero attached hydrogens (tertiary/aromatic N) is 4. The van der Waals surface area contributed by atoms with Crippen LogP contribution in [0.2, 0.25) is 0 Å². The maximum Gasteiger partial charge on any atom is 0.278 e. The molecule has 8 heteroatoms. The first-order valence-electron chi connectivity index (χ1n) is 9.34. The van der Waals surface area contributed by atoms with Crippen LogP contribution in [0.15, 0.2) is 42.9 Å². The Bertz CT molecular complexity index is 1040. The van der Waals surface area contributed by atoms with E-state index in [4.69, 9.17) is 0 Å². The van der Waals surface area contributed by atoms with Crippen molar-refractivity contribution in [1.82, 2.24) is 23.6 Å². The van der Waals surface area contributed by atoms with Crippen molar-refractivity contribution in [1.29, 1.82) is 0 Å². The molecule has 1 N–H and O–H groups in total. The second-order valence-corrected chi connectivity index (χ2v) is 9.41. The Labute approximate surface area is 166 Å². The van der Waals surface area contributed by atoms with Crippen LogP contribution in [-0.2, 0) is 23.2 Å². The van der Waals surface area contributed by atoms with Gasteiger partial charge in [-0.25, -0.2) is 14.7 Å². The van der Waals surface area contributed by atoms with Gasteiger partial charge in [0.05, 0.1) is 0 Å². The van der Waals surface area contributed by atoms with E-state index in [0.29, 0.717) is 24.7 Å². The van der Waals surface area contributed by atoms with Crippen molar-refractivity contribution in [2.45, 2.75) is 26.8 Å². The summed E-state index contributed by atoms with van der Waals surface area (Å²) in [5.41, 5.74) is 3.21. The fraction of sp³-hybridized carbons (Fsp3) is 0.400. The highest BCUT2D eigenvalue weighted by Gasteiger charge is 2.15. The van der Waals surface area contributed by atoms with Crippen molar-refractivity contribution < 1.29 is 8.42 Å². The molecule has 0 aliphatic heterocycles. The summed E-state index contributed by atoms with van der Waals surface area (Å²) in [6, 6.07) is 8.01. The summed E-state index contributed by atoms with van der Waals surface area (Å²) in [7, 11) is -0.381. The zero-order valence-corrected chi connectivity index (χ0v) is 17.6. The average molecular weight is 402 g/mol. The summed E-state index contributed by atoms with van der Waals surface area (Å²) < 4.78 is 29.9. The van der Waals surface area contributed by atoms with E-state index in [9.17, 15) is 8.42 Å². The Balaban J connectivity index is 1.93. The minimum absolute atomic E-state index is 0.352. The van der Waals surface area contributed by atoms with E-state index in [0.717, 1.165) is 28.6 Å². The van der Waals surface area contributed by atoms with Crippen LogP contribution in [0, 0.1) is 5.92 Å². The number of benzene rings is 1. The lowest BCUT2D eigenvalue weighted by Gasteiger charge is -2.11. The highest BCUT2D eigenvalue weighted by Crippen LogP contribution is 2.27. The van der Waals surface area contributed by atoms with Gasteiger partial charge in [-0.05, 0) is 30.0 Å². The largest absolute Gasteiger partial charge is 0.347 e. The van der Waals surface area contributed by atoms with Crippen LogP contribution in [0.3, 0.4) is 0 Å². The first kappa shape index (κ1) is 20.4. The van der Waals surface area contributed by atoms with Gasteiger partial charge >= 0.3 is 0 Å². The fourth-order valence-corrected chi connectivity index (χ4v) is 3.76. The van der Waals surface area contributed by atoms with Crippen LogP contribution in [0.25, 0.3) is 22.3 Å². The Morgan fingerprint density at radius 3 is 2.54 bits per heavy atom. The second-order valence-electron chi connectivity index (χ2n) is 7.44. The number of hydrogen-bond donors (Lipinski definition) is 1. The molecule has 7 nitrogen and oxygen atoms in total. The second kappa shape index (κ2) is 8.38. The number of hydrogen-bond acceptors (Lipinski definition) is 4. The van der Waals surface area contributed by atoms with Crippen molar-refractivity contribution >= 4 is 21.1 Å². The molecule has 0 atom stereocenters. The molecule has 0 bridgehead atoms. The van der Waals surface area contributed by atoms with Gasteiger partial charge in [-0.2, -0.15) is 12.7 Å². The van der Waals surface area contributed by atoms with E-state index in [2.05, 4.69) is 51.4 Å². The monoisotopic (exact) mass is 401 g/mol. The summed E-state index contributed by atoms with van der Waals surface area (Å²) in [6.45, 7) is 5.60. The van der Waals surface area contributed by atoms with Gasteiger partial charge < -0.3 is 4.57 Å². The summed E-state index contributed by atoms with van der Waals surface area (Å²) in [6.07, 6.45) is 6.23. The molecular formula is C20H27N5O2S. The zero-order valence-electron chi connectivity index (χ0n) is 16.8. The Morgan fingerprint density at radius 1 is 1.18 bits per heavy atom. The molecule has 28 heavy (non-hydrogen) atoms. The van der Waals surface area contributed by atoms with Crippen molar-refractivity contribution in [3.8, 4) is 11.4 Å². The van der Waals surface area contributed by atoms with Crippen molar-refractivity contribution in [3.05, 3.63) is 48.4 Å². The molecule has 0 aliphatic carbocycles. The zero-order chi connectivity index (χ0) is 20.3. The van der Waals surface area contributed by atoms with Gasteiger partial charge in [0.25, 0.3) is 10.2 Å². The highest BCUT2D eigenvalue weighted by atomic mass is 32.2. The van der Waals surface area contributed by atoms with Crippen LogP contribution in [0.4, 0.5) is 0 Å². The first-order chi connectivity index (χ1) is 13.3. The summed E-state index contributed by atoms with van der Waals surface area (Å²) in [5, 5.41) is 1.13. The number of rotatable bonds is 8. The molecule has 1 aromatic carbocycles. The van der Waals surface area contributed by atoms with Gasteiger partial charge in [0.15, 0.2) is 5.82 Å². The molecule has 0 aliphatic rings. The first-order valence-corrected chi connectivity index (χ1v) is 10.8. The standard InChI is InChI=1S/C20H27N5O2S/c1-15(2)13-25-14-17(8-11-23-28(26,27)24(3)4)18-7-6-16(12-19(18)25)20-21-9-5-10-22-20/h5-7,9-10,12,14-15,23H,8,11,13H2,1-4H3. The van der Waals surface area contributed by atoms with Crippen LogP contribution in [0.5, 0.6) is 0 Å². The van der Waals surface area contributed by atoms with Gasteiger partial charge in [0, 0.05) is 62.2 Å². The molecule has 0 amide bonds. The third kappa shape index (κ3) is 4.57.